The summed E-state index contributed by atoms with van der Waals surface area (Å²) in [7, 11) is 2.22. The third kappa shape index (κ3) is 8.18. The number of carboxylic acids is 1. The molecule has 1 unspecified atom stereocenters. The van der Waals surface area contributed by atoms with E-state index in [9.17, 15) is 28.8 Å². The maximum Gasteiger partial charge on any atom is 0.407 e. The number of amides is 4. The summed E-state index contributed by atoms with van der Waals surface area (Å²) in [5.74, 6) is -3.96. The predicted molar refractivity (Wildman–Crippen MR) is 141 cm³/mol. The molecule has 2 aliphatic heterocycles. The first-order valence-corrected chi connectivity index (χ1v) is 12.3. The van der Waals surface area contributed by atoms with Crippen LogP contribution in [-0.2, 0) is 33.4 Å². The fraction of sp³-hybridized carbons (Fsp3) is 0.542. The molecular weight excluding hydrogens is 552 g/mol. The molecule has 0 radical (unpaired) electrons. The predicted octanol–water partition coefficient (Wildman–Crippen LogP) is -1.05. The number of carbonyl (C=O) groups excluding carboxylic acids is 5. The van der Waals surface area contributed by atoms with Gasteiger partial charge in [0.25, 0.3) is 0 Å². The Kier molecular flexibility index (Phi) is 11.9. The molecule has 0 aliphatic carbocycles. The average Bonchev–Trinajstić information content (AvgIpc) is 2.94. The van der Waals surface area contributed by atoms with Crippen molar-refractivity contribution in [1.82, 2.24) is 25.0 Å². The van der Waals surface area contributed by atoms with Crippen LogP contribution >= 0.6 is 12.4 Å². The molecule has 0 saturated carbocycles. The minimum atomic E-state index is -1.39. The monoisotopic (exact) mass is 584 g/mol. The SMILES string of the molecule is COC(=O)C[C@H]1C(=O)N(CC(=O)O)CCN1C(=O)C(CC(=O)N1CCN(c2ccncc2)CC1)NC(=O)OC.Cl. The fourth-order valence-electron chi connectivity index (χ4n) is 4.54. The van der Waals surface area contributed by atoms with Gasteiger partial charge in [0.15, 0.2) is 0 Å². The molecule has 2 aliphatic rings. The Morgan fingerprint density at radius 3 is 2.25 bits per heavy atom. The number of nitrogens with zero attached hydrogens (tertiary/aromatic N) is 5. The van der Waals surface area contributed by atoms with Crippen molar-refractivity contribution in [1.29, 1.82) is 0 Å². The summed E-state index contributed by atoms with van der Waals surface area (Å²) >= 11 is 0. The molecule has 1 aromatic heterocycles. The van der Waals surface area contributed by atoms with Gasteiger partial charge >= 0.3 is 18.0 Å². The molecule has 2 fully saturated rings. The van der Waals surface area contributed by atoms with Crippen molar-refractivity contribution in [2.75, 3.05) is 64.9 Å². The standard InChI is InChI=1S/C24H32N6O9.ClH/c1-38-21(34)14-18-23(36)29(15-20(32)33)11-12-30(18)22(35)17(26-24(37)39-2)13-19(31)28-9-7-27(8-10-28)16-3-5-25-6-4-16;/h3-6,17-18H,7-15H2,1-2H3,(H,26,37)(H,32,33);1H/t17?,18-;/m0./s1. The Hall–Kier alpha value is -4.14. The van der Waals surface area contributed by atoms with Gasteiger partial charge in [0.2, 0.25) is 17.7 Å². The molecule has 15 nitrogen and oxygen atoms in total. The summed E-state index contributed by atoms with van der Waals surface area (Å²) in [6.45, 7) is 1.06. The Balaban J connectivity index is 0.00000560. The number of nitrogens with one attached hydrogen (secondary N) is 1. The second-order valence-corrected chi connectivity index (χ2v) is 8.95. The minimum absolute atomic E-state index is 0. The van der Waals surface area contributed by atoms with Crippen LogP contribution in [0.5, 0.6) is 0 Å². The number of esters is 1. The zero-order valence-corrected chi connectivity index (χ0v) is 23.0. The van der Waals surface area contributed by atoms with Crippen molar-refractivity contribution in [3.63, 3.8) is 0 Å². The summed E-state index contributed by atoms with van der Waals surface area (Å²) < 4.78 is 9.28. The maximum atomic E-state index is 13.6. The van der Waals surface area contributed by atoms with Gasteiger partial charge in [0.05, 0.1) is 27.1 Å². The highest BCUT2D eigenvalue weighted by Gasteiger charge is 2.42. The zero-order chi connectivity index (χ0) is 28.5. The summed E-state index contributed by atoms with van der Waals surface area (Å²) in [5.41, 5.74) is 0.973. The first-order chi connectivity index (χ1) is 18.6. The lowest BCUT2D eigenvalue weighted by atomic mass is 10.0. The maximum absolute atomic E-state index is 13.6. The van der Waals surface area contributed by atoms with Crippen LogP contribution < -0.4 is 10.2 Å². The van der Waals surface area contributed by atoms with Gasteiger partial charge in [-0.1, -0.05) is 0 Å². The van der Waals surface area contributed by atoms with Gasteiger partial charge in [-0.05, 0) is 12.1 Å². The van der Waals surface area contributed by atoms with Crippen molar-refractivity contribution in [2.24, 2.45) is 0 Å². The molecule has 4 amide bonds. The van der Waals surface area contributed by atoms with Crippen LogP contribution in [0.2, 0.25) is 0 Å². The van der Waals surface area contributed by atoms with E-state index in [1.54, 1.807) is 17.3 Å². The molecule has 2 saturated heterocycles. The highest BCUT2D eigenvalue weighted by Crippen LogP contribution is 2.19. The van der Waals surface area contributed by atoms with Gasteiger partial charge in [-0.25, -0.2) is 4.79 Å². The molecular formula is C24H33ClN6O9. The van der Waals surface area contributed by atoms with E-state index in [1.165, 1.54) is 0 Å². The second-order valence-electron chi connectivity index (χ2n) is 8.95. The van der Waals surface area contributed by atoms with Crippen LogP contribution in [0, 0.1) is 0 Å². The Labute approximate surface area is 236 Å². The molecule has 2 N–H and O–H groups in total. The molecule has 0 bridgehead atoms. The first kappa shape index (κ1) is 32.1. The van der Waals surface area contributed by atoms with Crippen molar-refractivity contribution in [3.05, 3.63) is 24.5 Å². The number of aliphatic carboxylic acids is 1. The van der Waals surface area contributed by atoms with Crippen molar-refractivity contribution in [2.45, 2.75) is 24.9 Å². The van der Waals surface area contributed by atoms with E-state index in [0.717, 1.165) is 29.7 Å². The number of alkyl carbamates (subject to hydrolysis) is 1. The molecule has 3 rings (SSSR count). The summed E-state index contributed by atoms with van der Waals surface area (Å²) in [5, 5.41) is 11.5. The van der Waals surface area contributed by atoms with E-state index in [4.69, 9.17) is 5.11 Å². The van der Waals surface area contributed by atoms with E-state index in [1.807, 2.05) is 12.1 Å². The van der Waals surface area contributed by atoms with Crippen LogP contribution in [0.1, 0.15) is 12.8 Å². The lowest BCUT2D eigenvalue weighted by molar-refractivity contribution is -0.159. The van der Waals surface area contributed by atoms with Crippen LogP contribution in [0.4, 0.5) is 10.5 Å². The molecule has 3 heterocycles. The molecule has 0 aromatic carbocycles. The van der Waals surface area contributed by atoms with E-state index in [2.05, 4.69) is 24.7 Å². The number of hydrogen-bond donors (Lipinski definition) is 2. The third-order valence-corrected chi connectivity index (χ3v) is 6.60. The number of carboxylic acid groups (broad SMARTS) is 1. The van der Waals surface area contributed by atoms with Gasteiger partial charge in [-0.15, -0.1) is 12.4 Å². The Morgan fingerprint density at radius 1 is 1.02 bits per heavy atom. The quantitative estimate of drug-likeness (QED) is 0.338. The topological polar surface area (TPSA) is 179 Å². The van der Waals surface area contributed by atoms with E-state index in [0.29, 0.717) is 26.2 Å². The average molecular weight is 585 g/mol. The lowest BCUT2D eigenvalue weighted by Gasteiger charge is -2.41. The molecule has 40 heavy (non-hydrogen) atoms. The summed E-state index contributed by atoms with van der Waals surface area (Å²) in [4.78, 5) is 84.8. The van der Waals surface area contributed by atoms with Crippen molar-refractivity contribution >= 4 is 53.8 Å². The number of hydrogen-bond acceptors (Lipinski definition) is 10. The molecule has 16 heteroatoms. The van der Waals surface area contributed by atoms with E-state index in [-0.39, 0.29) is 31.4 Å². The number of methoxy groups -OCH3 is 2. The molecule has 0 spiro atoms. The number of pyridine rings is 1. The van der Waals surface area contributed by atoms with Gasteiger partial charge in [0, 0.05) is 57.3 Å². The number of rotatable bonds is 9. The summed E-state index contributed by atoms with van der Waals surface area (Å²) in [6.07, 6.45) is 1.48. The third-order valence-electron chi connectivity index (χ3n) is 6.60. The number of carbonyl (C=O) groups is 6. The van der Waals surface area contributed by atoms with Crippen LogP contribution in [0.3, 0.4) is 0 Å². The number of piperazine rings is 2. The number of anilines is 1. The van der Waals surface area contributed by atoms with Crippen LogP contribution in [0.25, 0.3) is 0 Å². The highest BCUT2D eigenvalue weighted by molar-refractivity contribution is 5.97. The smallest absolute Gasteiger partial charge is 0.407 e. The minimum Gasteiger partial charge on any atom is -0.480 e. The Bertz CT molecular complexity index is 1080. The first-order valence-electron chi connectivity index (χ1n) is 12.3. The fourth-order valence-corrected chi connectivity index (χ4v) is 4.54. The van der Waals surface area contributed by atoms with Gasteiger partial charge in [0.1, 0.15) is 18.6 Å². The number of halogens is 1. The van der Waals surface area contributed by atoms with Crippen molar-refractivity contribution in [3.8, 4) is 0 Å². The van der Waals surface area contributed by atoms with E-state index >= 15 is 0 Å². The van der Waals surface area contributed by atoms with Crippen LogP contribution in [0.15, 0.2) is 24.5 Å². The van der Waals surface area contributed by atoms with Gasteiger partial charge in [-0.3, -0.25) is 29.0 Å². The highest BCUT2D eigenvalue weighted by atomic mass is 35.5. The van der Waals surface area contributed by atoms with Gasteiger partial charge in [-0.2, -0.15) is 0 Å². The molecule has 1 aromatic rings. The lowest BCUT2D eigenvalue weighted by Crippen LogP contribution is -2.63. The van der Waals surface area contributed by atoms with E-state index < -0.39 is 61.3 Å². The molecule has 220 valence electrons. The number of aromatic nitrogens is 1. The second kappa shape index (κ2) is 14.9. The van der Waals surface area contributed by atoms with Crippen molar-refractivity contribution < 1.29 is 43.3 Å². The summed E-state index contributed by atoms with van der Waals surface area (Å²) in [6, 6.07) is 0.991. The van der Waals surface area contributed by atoms with Gasteiger partial charge < -0.3 is 39.5 Å². The zero-order valence-electron chi connectivity index (χ0n) is 22.2. The number of ether oxygens (including phenoxy) is 2. The Morgan fingerprint density at radius 2 is 1.68 bits per heavy atom. The van der Waals surface area contributed by atoms with Crippen LogP contribution in [-0.4, -0.2) is 133 Å². The largest absolute Gasteiger partial charge is 0.480 e. The molecule has 2 atom stereocenters. The normalized spacial score (nSPS) is 17.9.